The second kappa shape index (κ2) is 6.21. The highest BCUT2D eigenvalue weighted by Crippen LogP contribution is 2.50. The summed E-state index contributed by atoms with van der Waals surface area (Å²) in [6.07, 6.45) is 2.84. The van der Waals surface area contributed by atoms with Crippen LogP contribution in [0.2, 0.25) is 0 Å². The minimum absolute atomic E-state index is 0.00685. The first kappa shape index (κ1) is 16.2. The molecule has 132 valence electrons. The maximum atomic E-state index is 10.2. The van der Waals surface area contributed by atoms with Crippen molar-refractivity contribution in [3.05, 3.63) is 23.3 Å². The average molecular weight is 333 g/mol. The van der Waals surface area contributed by atoms with Crippen LogP contribution in [0.4, 0.5) is 0 Å². The topological polar surface area (TPSA) is 51.2 Å². The van der Waals surface area contributed by atoms with Crippen LogP contribution in [0.15, 0.2) is 12.1 Å². The van der Waals surface area contributed by atoms with E-state index in [-0.39, 0.29) is 17.6 Å². The molecule has 24 heavy (non-hydrogen) atoms. The zero-order valence-corrected chi connectivity index (χ0v) is 14.6. The van der Waals surface area contributed by atoms with Gasteiger partial charge in [0, 0.05) is 25.5 Å². The molecule has 0 unspecified atom stereocenters. The lowest BCUT2D eigenvalue weighted by molar-refractivity contribution is -0.201. The molecule has 2 atom stereocenters. The van der Waals surface area contributed by atoms with Crippen LogP contribution < -0.4 is 9.47 Å². The predicted molar refractivity (Wildman–Crippen MR) is 90.5 cm³/mol. The highest BCUT2D eigenvalue weighted by atomic mass is 16.6. The van der Waals surface area contributed by atoms with Crippen molar-refractivity contribution in [1.29, 1.82) is 0 Å². The molecular weight excluding hydrogens is 306 g/mol. The Labute approximate surface area is 143 Å². The third-order valence-corrected chi connectivity index (χ3v) is 6.21. The number of rotatable bonds is 3. The molecular formula is C19H27NO4. The minimum Gasteiger partial charge on any atom is -0.486 e. The molecule has 1 N–H and O–H groups in total. The molecule has 0 radical (unpaired) electrons. The van der Waals surface area contributed by atoms with Gasteiger partial charge >= 0.3 is 0 Å². The Morgan fingerprint density at radius 3 is 2.50 bits per heavy atom. The highest BCUT2D eigenvalue weighted by Gasteiger charge is 2.55. The Morgan fingerprint density at radius 1 is 1.21 bits per heavy atom. The SMILES string of the molecule is CO[C@H]1C[C@@H](O)C12CCN(Cc1cc3c(cc1C)OCCO3)CC2. The first-order chi connectivity index (χ1) is 11.6. The fraction of sp³-hybridized carbons (Fsp3) is 0.684. The molecule has 5 nitrogen and oxygen atoms in total. The third-order valence-electron chi connectivity index (χ3n) is 6.21. The van der Waals surface area contributed by atoms with Crippen molar-refractivity contribution >= 4 is 0 Å². The Bertz CT molecular complexity index is 610. The lowest BCUT2D eigenvalue weighted by Crippen LogP contribution is -2.61. The average Bonchev–Trinajstić information content (AvgIpc) is 2.60. The Kier molecular flexibility index (Phi) is 4.19. The van der Waals surface area contributed by atoms with Crippen LogP contribution in [0.5, 0.6) is 11.5 Å². The van der Waals surface area contributed by atoms with Crippen LogP contribution in [0.25, 0.3) is 0 Å². The van der Waals surface area contributed by atoms with Crippen molar-refractivity contribution in [3.63, 3.8) is 0 Å². The normalized spacial score (nSPS) is 28.6. The van der Waals surface area contributed by atoms with Gasteiger partial charge in [-0.05, 0) is 56.1 Å². The van der Waals surface area contributed by atoms with E-state index < -0.39 is 0 Å². The van der Waals surface area contributed by atoms with Crippen LogP contribution in [0, 0.1) is 12.3 Å². The first-order valence-electron chi connectivity index (χ1n) is 8.95. The number of methoxy groups -OCH3 is 1. The Balaban J connectivity index is 1.42. The van der Waals surface area contributed by atoms with Gasteiger partial charge in [0.25, 0.3) is 0 Å². The summed E-state index contributed by atoms with van der Waals surface area (Å²) in [5.74, 6) is 1.73. The molecule has 0 aromatic heterocycles. The van der Waals surface area contributed by atoms with Crippen molar-refractivity contribution in [2.75, 3.05) is 33.4 Å². The van der Waals surface area contributed by atoms with Gasteiger partial charge in [-0.25, -0.2) is 0 Å². The third kappa shape index (κ3) is 2.59. The lowest BCUT2D eigenvalue weighted by atomic mass is 9.58. The van der Waals surface area contributed by atoms with E-state index in [1.165, 1.54) is 11.1 Å². The van der Waals surface area contributed by atoms with Crippen molar-refractivity contribution in [2.24, 2.45) is 5.41 Å². The number of likely N-dealkylation sites (tertiary alicyclic amines) is 1. The molecule has 2 heterocycles. The maximum Gasteiger partial charge on any atom is 0.161 e. The van der Waals surface area contributed by atoms with Gasteiger partial charge in [0.1, 0.15) is 13.2 Å². The summed E-state index contributed by atoms with van der Waals surface area (Å²) in [5, 5.41) is 10.2. The lowest BCUT2D eigenvalue weighted by Gasteiger charge is -2.56. The van der Waals surface area contributed by atoms with E-state index in [9.17, 15) is 5.11 Å². The van der Waals surface area contributed by atoms with Crippen LogP contribution in [0.1, 0.15) is 30.4 Å². The van der Waals surface area contributed by atoms with Crippen molar-refractivity contribution < 1.29 is 19.3 Å². The molecule has 1 spiro atoms. The van der Waals surface area contributed by atoms with Crippen LogP contribution in [-0.4, -0.2) is 55.6 Å². The summed E-state index contributed by atoms with van der Waals surface area (Å²) in [6.45, 7) is 6.32. The van der Waals surface area contributed by atoms with Crippen LogP contribution in [-0.2, 0) is 11.3 Å². The molecule has 0 amide bonds. The first-order valence-corrected chi connectivity index (χ1v) is 8.95. The smallest absolute Gasteiger partial charge is 0.161 e. The summed E-state index contributed by atoms with van der Waals surface area (Å²) < 4.78 is 16.9. The number of ether oxygens (including phenoxy) is 3. The Hall–Kier alpha value is -1.30. The fourth-order valence-electron chi connectivity index (χ4n) is 4.48. The predicted octanol–water partition coefficient (Wildman–Crippen LogP) is 2.13. The molecule has 2 fully saturated rings. The molecule has 5 heteroatoms. The summed E-state index contributed by atoms with van der Waals surface area (Å²) >= 11 is 0. The number of fused-ring (bicyclic) bond motifs is 1. The highest BCUT2D eigenvalue weighted by molar-refractivity contribution is 5.47. The molecule has 1 aromatic carbocycles. The summed E-state index contributed by atoms with van der Waals surface area (Å²) in [6, 6.07) is 4.22. The number of benzene rings is 1. The largest absolute Gasteiger partial charge is 0.486 e. The number of aliphatic hydroxyl groups is 1. The van der Waals surface area contributed by atoms with Gasteiger partial charge in [-0.15, -0.1) is 0 Å². The van der Waals surface area contributed by atoms with E-state index in [1.54, 1.807) is 7.11 Å². The van der Waals surface area contributed by atoms with Crippen molar-refractivity contribution in [3.8, 4) is 11.5 Å². The quantitative estimate of drug-likeness (QED) is 0.918. The number of aliphatic hydroxyl groups excluding tert-OH is 1. The molecule has 1 saturated heterocycles. The minimum atomic E-state index is -0.194. The van der Waals surface area contributed by atoms with Crippen LogP contribution in [0.3, 0.4) is 0 Å². The molecule has 3 aliphatic rings. The van der Waals surface area contributed by atoms with Gasteiger partial charge in [0.2, 0.25) is 0 Å². The molecule has 1 aromatic rings. The summed E-state index contributed by atoms with van der Waals surface area (Å²) in [7, 11) is 1.77. The van der Waals surface area contributed by atoms with E-state index in [2.05, 4.69) is 24.0 Å². The zero-order chi connectivity index (χ0) is 16.7. The number of nitrogens with zero attached hydrogens (tertiary/aromatic N) is 1. The standard InChI is InChI=1S/C19H27NO4/c1-13-9-15-16(24-8-7-23-15)10-14(13)12-20-5-3-19(4-6-20)17(21)11-18(19)22-2/h9-10,17-18,21H,3-8,11-12H2,1-2H3/t17-,18+/m1/s1. The molecule has 0 bridgehead atoms. The van der Waals surface area contributed by atoms with Gasteiger partial charge in [0.15, 0.2) is 11.5 Å². The van der Waals surface area contributed by atoms with Gasteiger partial charge in [-0.3, -0.25) is 4.90 Å². The van der Waals surface area contributed by atoms with Gasteiger partial charge in [-0.2, -0.15) is 0 Å². The maximum absolute atomic E-state index is 10.2. The van der Waals surface area contributed by atoms with Crippen molar-refractivity contribution in [1.82, 2.24) is 4.90 Å². The van der Waals surface area contributed by atoms with Crippen molar-refractivity contribution in [2.45, 2.75) is 44.9 Å². The van der Waals surface area contributed by atoms with E-state index in [0.717, 1.165) is 50.4 Å². The van der Waals surface area contributed by atoms with Gasteiger partial charge in [-0.1, -0.05) is 0 Å². The zero-order valence-electron chi connectivity index (χ0n) is 14.6. The van der Waals surface area contributed by atoms with E-state index in [1.807, 2.05) is 0 Å². The van der Waals surface area contributed by atoms with E-state index in [4.69, 9.17) is 14.2 Å². The number of piperidine rings is 1. The van der Waals surface area contributed by atoms with E-state index >= 15 is 0 Å². The molecule has 1 saturated carbocycles. The van der Waals surface area contributed by atoms with Gasteiger partial charge < -0.3 is 19.3 Å². The second-order valence-electron chi connectivity index (χ2n) is 7.41. The number of hydrogen-bond donors (Lipinski definition) is 1. The van der Waals surface area contributed by atoms with Crippen LogP contribution >= 0.6 is 0 Å². The number of hydrogen-bond acceptors (Lipinski definition) is 5. The summed E-state index contributed by atoms with van der Waals surface area (Å²) in [4.78, 5) is 2.47. The number of aryl methyl sites for hydroxylation is 1. The summed E-state index contributed by atoms with van der Waals surface area (Å²) in [5.41, 5.74) is 2.54. The molecule has 4 rings (SSSR count). The molecule has 1 aliphatic carbocycles. The van der Waals surface area contributed by atoms with Gasteiger partial charge in [0.05, 0.1) is 12.2 Å². The Morgan fingerprint density at radius 2 is 1.88 bits per heavy atom. The molecule has 2 aliphatic heterocycles. The van der Waals surface area contributed by atoms with E-state index in [0.29, 0.717) is 13.2 Å². The monoisotopic (exact) mass is 333 g/mol. The second-order valence-corrected chi connectivity index (χ2v) is 7.41. The fourth-order valence-corrected chi connectivity index (χ4v) is 4.48.